The quantitative estimate of drug-likeness (QED) is 0.748. The zero-order valence-electron chi connectivity index (χ0n) is 14.7. The molecule has 1 fully saturated rings. The highest BCUT2D eigenvalue weighted by Gasteiger charge is 2.39. The fourth-order valence-corrected chi connectivity index (χ4v) is 4.98. The number of esters is 1. The van der Waals surface area contributed by atoms with Crippen molar-refractivity contribution in [3.05, 3.63) is 16.5 Å². The van der Waals surface area contributed by atoms with Crippen LogP contribution in [0, 0.1) is 0 Å². The summed E-state index contributed by atoms with van der Waals surface area (Å²) in [7, 11) is 0. The molecule has 9 heteroatoms. The van der Waals surface area contributed by atoms with Crippen molar-refractivity contribution < 1.29 is 19.1 Å². The average Bonchev–Trinajstić information content (AvgIpc) is 3.17. The molecule has 1 N–H and O–H groups in total. The van der Waals surface area contributed by atoms with E-state index in [2.05, 4.69) is 10.3 Å². The molecular formula is C17H21N3O4S2. The molecule has 3 heterocycles. The summed E-state index contributed by atoms with van der Waals surface area (Å²) in [4.78, 5) is 44.0. The van der Waals surface area contributed by atoms with Crippen LogP contribution < -0.4 is 5.32 Å². The molecule has 7 nitrogen and oxygen atoms in total. The number of nitrogens with one attached hydrogen (secondary N) is 1. The van der Waals surface area contributed by atoms with Crippen molar-refractivity contribution in [2.75, 3.05) is 25.0 Å². The van der Waals surface area contributed by atoms with Crippen LogP contribution in [0.4, 0.5) is 5.00 Å². The second kappa shape index (κ2) is 8.22. The summed E-state index contributed by atoms with van der Waals surface area (Å²) >= 11 is 2.71. The number of hydrogen-bond donors (Lipinski definition) is 1. The van der Waals surface area contributed by atoms with Crippen LogP contribution in [-0.2, 0) is 20.7 Å². The number of aryl methyl sites for hydroxylation is 1. The van der Waals surface area contributed by atoms with Crippen LogP contribution in [0.15, 0.2) is 11.1 Å². The predicted molar refractivity (Wildman–Crippen MR) is 103 cm³/mol. The Morgan fingerprint density at radius 1 is 1.42 bits per heavy atom. The van der Waals surface area contributed by atoms with Crippen LogP contribution in [0.3, 0.4) is 0 Å². The molecule has 140 valence electrons. The minimum atomic E-state index is -0.455. The number of thiophene rings is 1. The fraction of sp³-hybridized carbons (Fsp3) is 0.529. The second-order valence-electron chi connectivity index (χ2n) is 5.90. The van der Waals surface area contributed by atoms with Crippen LogP contribution in [0.5, 0.6) is 0 Å². The van der Waals surface area contributed by atoms with Gasteiger partial charge in [-0.25, -0.2) is 4.79 Å². The molecule has 3 rings (SSSR count). The first kappa shape index (κ1) is 18.9. The number of ether oxygens (including phenoxy) is 1. The molecule has 1 aromatic heterocycles. The van der Waals surface area contributed by atoms with E-state index in [1.54, 1.807) is 17.9 Å². The first-order chi connectivity index (χ1) is 12.5. The smallest absolute Gasteiger partial charge is 0.341 e. The standard InChI is InChI=1S/C17H21N3O4S2/c1-3-10-8-11(16(23)24-4-2)14(25-10)19-13(21)9-12-15(22)20-7-5-6-18-17(20)26-12/h8,12H,3-7,9H2,1-2H3,(H,19,21). The highest BCUT2D eigenvalue weighted by atomic mass is 32.2. The number of fused-ring (bicyclic) bond motifs is 1. The van der Waals surface area contributed by atoms with Crippen LogP contribution in [0.1, 0.15) is 41.9 Å². The third kappa shape index (κ3) is 3.93. The summed E-state index contributed by atoms with van der Waals surface area (Å²) in [5.74, 6) is -0.794. The number of carbonyl (C=O) groups excluding carboxylic acids is 3. The number of carbonyl (C=O) groups is 3. The van der Waals surface area contributed by atoms with Crippen LogP contribution >= 0.6 is 23.1 Å². The van der Waals surface area contributed by atoms with Gasteiger partial charge in [0, 0.05) is 24.4 Å². The van der Waals surface area contributed by atoms with Crippen LogP contribution in [0.25, 0.3) is 0 Å². The van der Waals surface area contributed by atoms with Crippen molar-refractivity contribution in [2.24, 2.45) is 4.99 Å². The van der Waals surface area contributed by atoms with Crippen molar-refractivity contribution in [1.29, 1.82) is 0 Å². The van der Waals surface area contributed by atoms with E-state index >= 15 is 0 Å². The van der Waals surface area contributed by atoms with Crippen molar-refractivity contribution in [1.82, 2.24) is 4.90 Å². The Morgan fingerprint density at radius 3 is 2.92 bits per heavy atom. The van der Waals surface area contributed by atoms with E-state index < -0.39 is 11.2 Å². The fourth-order valence-electron chi connectivity index (χ4n) is 2.79. The summed E-state index contributed by atoms with van der Waals surface area (Å²) in [5, 5.41) is 3.53. The maximum atomic E-state index is 12.5. The molecule has 0 aliphatic carbocycles. The molecule has 26 heavy (non-hydrogen) atoms. The first-order valence-corrected chi connectivity index (χ1v) is 10.3. The van der Waals surface area contributed by atoms with Crippen molar-refractivity contribution in [3.63, 3.8) is 0 Å². The van der Waals surface area contributed by atoms with Gasteiger partial charge in [0.2, 0.25) is 11.8 Å². The lowest BCUT2D eigenvalue weighted by atomic mass is 10.2. The Balaban J connectivity index is 1.68. The van der Waals surface area contributed by atoms with E-state index in [1.165, 1.54) is 23.1 Å². The van der Waals surface area contributed by atoms with Crippen molar-refractivity contribution in [2.45, 2.75) is 38.4 Å². The van der Waals surface area contributed by atoms with Crippen molar-refractivity contribution in [3.8, 4) is 0 Å². The first-order valence-electron chi connectivity index (χ1n) is 8.65. The topological polar surface area (TPSA) is 88.1 Å². The molecule has 1 atom stereocenters. The van der Waals surface area contributed by atoms with Crippen molar-refractivity contribution >= 4 is 51.1 Å². The van der Waals surface area contributed by atoms with Gasteiger partial charge in [0.05, 0.1) is 12.2 Å². The Bertz CT molecular complexity index is 759. The van der Waals surface area contributed by atoms with Gasteiger partial charge in [0.15, 0.2) is 5.17 Å². The molecule has 0 bridgehead atoms. The third-order valence-electron chi connectivity index (χ3n) is 4.06. The Labute approximate surface area is 160 Å². The number of hydrogen-bond acceptors (Lipinski definition) is 7. The van der Waals surface area contributed by atoms with Gasteiger partial charge in [0.25, 0.3) is 0 Å². The molecule has 2 aliphatic rings. The van der Waals surface area contributed by atoms with E-state index in [-0.39, 0.29) is 24.8 Å². The summed E-state index contributed by atoms with van der Waals surface area (Å²) in [6.45, 7) is 5.39. The maximum absolute atomic E-state index is 12.5. The number of rotatable bonds is 6. The minimum Gasteiger partial charge on any atom is -0.462 e. The molecule has 2 amide bonds. The van der Waals surface area contributed by atoms with Gasteiger partial charge in [-0.1, -0.05) is 18.7 Å². The van der Waals surface area contributed by atoms with E-state index in [1.807, 2.05) is 6.92 Å². The zero-order chi connectivity index (χ0) is 18.7. The predicted octanol–water partition coefficient (Wildman–Crippen LogP) is 2.52. The van der Waals surface area contributed by atoms with Gasteiger partial charge in [-0.05, 0) is 25.8 Å². The average molecular weight is 396 g/mol. The van der Waals surface area contributed by atoms with E-state index in [9.17, 15) is 14.4 Å². The summed E-state index contributed by atoms with van der Waals surface area (Å²) in [5.41, 5.74) is 0.370. The SMILES string of the molecule is CCOC(=O)c1cc(CC)sc1NC(=O)CC1SC2=NCCCN2C1=O. The van der Waals surface area contributed by atoms with Gasteiger partial charge in [-0.15, -0.1) is 11.3 Å². The number of amides is 2. The second-order valence-corrected chi connectivity index (χ2v) is 8.20. The Kier molecular flexibility index (Phi) is 5.98. The van der Waals surface area contributed by atoms with Crippen LogP contribution in [0.2, 0.25) is 0 Å². The number of amidine groups is 1. The molecule has 1 aromatic rings. The lowest BCUT2D eigenvalue weighted by Crippen LogP contribution is -2.36. The van der Waals surface area contributed by atoms with Crippen LogP contribution in [-0.4, -0.2) is 52.8 Å². The van der Waals surface area contributed by atoms with E-state index in [0.29, 0.717) is 17.1 Å². The lowest BCUT2D eigenvalue weighted by Gasteiger charge is -2.19. The maximum Gasteiger partial charge on any atom is 0.341 e. The normalized spacial score (nSPS) is 19.2. The van der Waals surface area contributed by atoms with Gasteiger partial charge in [-0.3, -0.25) is 19.5 Å². The van der Waals surface area contributed by atoms with E-state index in [4.69, 9.17) is 4.74 Å². The van der Waals surface area contributed by atoms with Gasteiger partial charge >= 0.3 is 5.97 Å². The molecule has 0 radical (unpaired) electrons. The molecule has 1 unspecified atom stereocenters. The zero-order valence-corrected chi connectivity index (χ0v) is 16.4. The molecular weight excluding hydrogens is 374 g/mol. The van der Waals surface area contributed by atoms with E-state index in [0.717, 1.165) is 29.4 Å². The monoisotopic (exact) mass is 395 g/mol. The molecule has 2 aliphatic heterocycles. The lowest BCUT2D eigenvalue weighted by molar-refractivity contribution is -0.128. The number of aliphatic imine (C=N–C) groups is 1. The number of thioether (sulfide) groups is 1. The molecule has 0 aromatic carbocycles. The number of nitrogens with zero attached hydrogens (tertiary/aromatic N) is 2. The molecule has 0 spiro atoms. The third-order valence-corrected chi connectivity index (χ3v) is 6.47. The highest BCUT2D eigenvalue weighted by molar-refractivity contribution is 8.15. The molecule has 1 saturated heterocycles. The highest BCUT2D eigenvalue weighted by Crippen LogP contribution is 2.33. The summed E-state index contributed by atoms with van der Waals surface area (Å²) in [6.07, 6.45) is 1.67. The Morgan fingerprint density at radius 2 is 2.23 bits per heavy atom. The van der Waals surface area contributed by atoms with Gasteiger partial charge in [-0.2, -0.15) is 0 Å². The largest absolute Gasteiger partial charge is 0.462 e. The minimum absolute atomic E-state index is 0.0562. The van der Waals surface area contributed by atoms with Gasteiger partial charge < -0.3 is 10.1 Å². The Hall–Kier alpha value is -1.87. The van der Waals surface area contributed by atoms with Gasteiger partial charge in [0.1, 0.15) is 10.3 Å². The summed E-state index contributed by atoms with van der Waals surface area (Å²) < 4.78 is 5.06. The molecule has 0 saturated carbocycles. The summed E-state index contributed by atoms with van der Waals surface area (Å²) in [6, 6.07) is 1.75. The number of anilines is 1.